The summed E-state index contributed by atoms with van der Waals surface area (Å²) in [5.74, 6) is 0. The van der Waals surface area contributed by atoms with Crippen LogP contribution in [0.15, 0.2) is 26.9 Å². The van der Waals surface area contributed by atoms with Crippen LogP contribution in [0.1, 0.15) is 5.56 Å². The van der Waals surface area contributed by atoms with Crippen molar-refractivity contribution in [2.45, 2.75) is 11.8 Å². The predicted octanol–water partition coefficient (Wildman–Crippen LogP) is 4.69. The molecule has 0 saturated heterocycles. The van der Waals surface area contributed by atoms with Crippen molar-refractivity contribution in [3.8, 4) is 0 Å². The summed E-state index contributed by atoms with van der Waals surface area (Å²) >= 11 is 7.19. The highest BCUT2D eigenvalue weighted by Crippen LogP contribution is 2.35. The molecule has 0 atom stereocenters. The monoisotopic (exact) mass is 272 g/mol. The number of hydrogen-bond acceptors (Lipinski definition) is 2. The van der Waals surface area contributed by atoms with Crippen LogP contribution in [0.4, 0.5) is 0 Å². The van der Waals surface area contributed by atoms with Crippen LogP contribution < -0.4 is 0 Å². The number of thioether (sulfide) groups is 1. The van der Waals surface area contributed by atoms with Gasteiger partial charge in [-0.25, -0.2) is 0 Å². The molecule has 0 N–H and O–H groups in total. The predicted molar refractivity (Wildman–Crippen MR) is 66.0 cm³/mol. The third-order valence-electron chi connectivity index (χ3n) is 2.04. The SMILES string of the molecule is CSc1csc2cc(C)c(Br)cc12. The Morgan fingerprint density at radius 2 is 2.15 bits per heavy atom. The second-order valence-corrected chi connectivity index (χ2v) is 5.52. The Balaban J connectivity index is 2.77. The summed E-state index contributed by atoms with van der Waals surface area (Å²) in [7, 11) is 0. The van der Waals surface area contributed by atoms with Crippen LogP contribution in [0.25, 0.3) is 10.1 Å². The summed E-state index contributed by atoms with van der Waals surface area (Å²) in [6.07, 6.45) is 2.12. The summed E-state index contributed by atoms with van der Waals surface area (Å²) in [5.41, 5.74) is 1.31. The zero-order chi connectivity index (χ0) is 9.42. The Hall–Kier alpha value is 0.01000. The van der Waals surface area contributed by atoms with Crippen LogP contribution in [0.3, 0.4) is 0 Å². The van der Waals surface area contributed by atoms with Crippen LogP contribution in [0.2, 0.25) is 0 Å². The first-order valence-electron chi connectivity index (χ1n) is 3.93. The van der Waals surface area contributed by atoms with Crippen molar-refractivity contribution in [2.24, 2.45) is 0 Å². The molecular formula is C10H9BrS2. The Morgan fingerprint density at radius 3 is 2.85 bits per heavy atom. The molecule has 0 bridgehead atoms. The lowest BCUT2D eigenvalue weighted by molar-refractivity contribution is 1.46. The second-order valence-electron chi connectivity index (χ2n) is 2.90. The van der Waals surface area contributed by atoms with Gasteiger partial charge in [-0.1, -0.05) is 15.9 Å². The summed E-state index contributed by atoms with van der Waals surface area (Å²) in [6, 6.07) is 4.46. The molecule has 1 aromatic carbocycles. The van der Waals surface area contributed by atoms with Crippen LogP contribution in [-0.4, -0.2) is 6.26 Å². The van der Waals surface area contributed by atoms with E-state index < -0.39 is 0 Å². The van der Waals surface area contributed by atoms with Gasteiger partial charge >= 0.3 is 0 Å². The summed E-state index contributed by atoms with van der Waals surface area (Å²) in [4.78, 5) is 1.38. The molecule has 0 amide bonds. The number of aryl methyl sites for hydroxylation is 1. The van der Waals surface area contributed by atoms with Gasteiger partial charge in [0.1, 0.15) is 0 Å². The molecule has 1 heterocycles. The molecule has 3 heteroatoms. The maximum atomic E-state index is 3.56. The highest BCUT2D eigenvalue weighted by molar-refractivity contribution is 9.10. The lowest BCUT2D eigenvalue weighted by atomic mass is 10.2. The average Bonchev–Trinajstić information content (AvgIpc) is 2.48. The van der Waals surface area contributed by atoms with Crippen molar-refractivity contribution in [1.29, 1.82) is 0 Å². The molecule has 2 aromatic rings. The zero-order valence-corrected chi connectivity index (χ0v) is 10.6. The van der Waals surface area contributed by atoms with Gasteiger partial charge in [0.05, 0.1) is 0 Å². The van der Waals surface area contributed by atoms with Gasteiger partial charge in [-0.15, -0.1) is 23.1 Å². The molecule has 0 nitrogen and oxygen atoms in total. The summed E-state index contributed by atoms with van der Waals surface area (Å²) in [5, 5.41) is 3.59. The maximum Gasteiger partial charge on any atom is 0.0357 e. The van der Waals surface area contributed by atoms with E-state index in [0.717, 1.165) is 0 Å². The van der Waals surface area contributed by atoms with Crippen molar-refractivity contribution < 1.29 is 0 Å². The highest BCUT2D eigenvalue weighted by atomic mass is 79.9. The van der Waals surface area contributed by atoms with Crippen molar-refractivity contribution in [3.05, 3.63) is 27.5 Å². The van der Waals surface area contributed by atoms with E-state index in [2.05, 4.69) is 46.6 Å². The van der Waals surface area contributed by atoms with Gasteiger partial charge in [0, 0.05) is 24.8 Å². The molecule has 13 heavy (non-hydrogen) atoms. The fraction of sp³-hybridized carbons (Fsp3) is 0.200. The van der Waals surface area contributed by atoms with Crippen molar-refractivity contribution in [1.82, 2.24) is 0 Å². The molecule has 1 aromatic heterocycles. The van der Waals surface area contributed by atoms with E-state index in [9.17, 15) is 0 Å². The Bertz CT molecular complexity index is 445. The normalized spacial score (nSPS) is 11.0. The van der Waals surface area contributed by atoms with Gasteiger partial charge in [-0.3, -0.25) is 0 Å². The Kier molecular flexibility index (Phi) is 2.67. The standard InChI is InChI=1S/C10H9BrS2/c1-6-3-9-7(4-8(6)11)10(12-2)5-13-9/h3-5H,1-2H3. The molecule has 0 aliphatic heterocycles. The highest BCUT2D eigenvalue weighted by Gasteiger charge is 2.05. The third-order valence-corrected chi connectivity index (χ3v) is 4.77. The van der Waals surface area contributed by atoms with Crippen molar-refractivity contribution in [3.63, 3.8) is 0 Å². The van der Waals surface area contributed by atoms with Gasteiger partial charge in [0.15, 0.2) is 0 Å². The van der Waals surface area contributed by atoms with Crippen molar-refractivity contribution in [2.75, 3.05) is 6.26 Å². The van der Waals surface area contributed by atoms with Crippen LogP contribution in [0, 0.1) is 6.92 Å². The molecule has 2 rings (SSSR count). The van der Waals surface area contributed by atoms with Gasteiger partial charge in [0.25, 0.3) is 0 Å². The topological polar surface area (TPSA) is 0 Å². The largest absolute Gasteiger partial charge is 0.143 e. The van der Waals surface area contributed by atoms with E-state index in [1.165, 1.54) is 25.0 Å². The molecular weight excluding hydrogens is 264 g/mol. The molecule has 0 aliphatic rings. The number of thiophene rings is 1. The third kappa shape index (κ3) is 1.65. The van der Waals surface area contributed by atoms with Gasteiger partial charge in [-0.05, 0) is 30.9 Å². The van der Waals surface area contributed by atoms with Gasteiger partial charge < -0.3 is 0 Å². The molecule has 0 radical (unpaired) electrons. The number of halogens is 1. The minimum Gasteiger partial charge on any atom is -0.143 e. The van der Waals surface area contributed by atoms with E-state index in [0.29, 0.717) is 0 Å². The quantitative estimate of drug-likeness (QED) is 0.679. The van der Waals surface area contributed by atoms with E-state index in [1.54, 1.807) is 0 Å². The first kappa shape index (κ1) is 9.56. The second kappa shape index (κ2) is 3.64. The van der Waals surface area contributed by atoms with Crippen LogP contribution in [0.5, 0.6) is 0 Å². The van der Waals surface area contributed by atoms with E-state index in [1.807, 2.05) is 23.1 Å². The number of fused-ring (bicyclic) bond motifs is 1. The fourth-order valence-electron chi connectivity index (χ4n) is 1.28. The average molecular weight is 273 g/mol. The Morgan fingerprint density at radius 1 is 1.38 bits per heavy atom. The molecule has 0 spiro atoms. The fourth-order valence-corrected chi connectivity index (χ4v) is 3.51. The molecule has 68 valence electrons. The number of benzene rings is 1. The summed E-state index contributed by atoms with van der Waals surface area (Å²) < 4.78 is 2.58. The molecule has 0 fully saturated rings. The number of hydrogen-bond donors (Lipinski definition) is 0. The Labute approximate surface area is 94.5 Å². The van der Waals surface area contributed by atoms with Gasteiger partial charge in [0.2, 0.25) is 0 Å². The molecule has 0 saturated carbocycles. The van der Waals surface area contributed by atoms with Crippen LogP contribution >= 0.6 is 39.0 Å². The molecule has 0 unspecified atom stereocenters. The minimum absolute atomic E-state index is 1.20. The van der Waals surface area contributed by atoms with E-state index >= 15 is 0 Å². The maximum absolute atomic E-state index is 3.56. The van der Waals surface area contributed by atoms with Crippen LogP contribution in [-0.2, 0) is 0 Å². The van der Waals surface area contributed by atoms with E-state index in [4.69, 9.17) is 0 Å². The smallest absolute Gasteiger partial charge is 0.0357 e. The first-order valence-corrected chi connectivity index (χ1v) is 6.83. The first-order chi connectivity index (χ1) is 6.22. The zero-order valence-electron chi connectivity index (χ0n) is 7.43. The lowest BCUT2D eigenvalue weighted by Gasteiger charge is -1.99. The van der Waals surface area contributed by atoms with Crippen molar-refractivity contribution >= 4 is 49.1 Å². The van der Waals surface area contributed by atoms with Gasteiger partial charge in [-0.2, -0.15) is 0 Å². The molecule has 0 aliphatic carbocycles. The van der Waals surface area contributed by atoms with E-state index in [-0.39, 0.29) is 0 Å². The minimum atomic E-state index is 1.20. The lowest BCUT2D eigenvalue weighted by Crippen LogP contribution is -1.74. The summed E-state index contributed by atoms with van der Waals surface area (Å²) in [6.45, 7) is 2.13. The number of rotatable bonds is 1.